The Bertz CT molecular complexity index is 1110. The molecule has 3 heterocycles. The largest absolute Gasteiger partial charge is 0.356 e. The predicted octanol–water partition coefficient (Wildman–Crippen LogP) is 2.35. The van der Waals surface area contributed by atoms with Crippen LogP contribution in [0.25, 0.3) is 11.0 Å². The van der Waals surface area contributed by atoms with E-state index in [0.29, 0.717) is 36.8 Å². The lowest BCUT2D eigenvalue weighted by Gasteiger charge is -2.32. The van der Waals surface area contributed by atoms with Crippen LogP contribution >= 0.6 is 0 Å². The van der Waals surface area contributed by atoms with E-state index in [9.17, 15) is 9.59 Å². The summed E-state index contributed by atoms with van der Waals surface area (Å²) in [6.45, 7) is 2.06. The zero-order valence-electron chi connectivity index (χ0n) is 16.3. The number of amides is 1. The fourth-order valence-electron chi connectivity index (χ4n) is 4.50. The zero-order chi connectivity index (χ0) is 19.8. The smallest absolute Gasteiger partial charge is 0.267 e. The van der Waals surface area contributed by atoms with E-state index >= 15 is 0 Å². The van der Waals surface area contributed by atoms with Gasteiger partial charge in [0.15, 0.2) is 5.58 Å². The van der Waals surface area contributed by atoms with Crippen LogP contribution in [0.3, 0.4) is 0 Å². The van der Waals surface area contributed by atoms with E-state index in [1.54, 1.807) is 10.7 Å². The van der Waals surface area contributed by atoms with Crippen LogP contribution in [0.5, 0.6) is 0 Å². The van der Waals surface area contributed by atoms with Crippen LogP contribution in [0.15, 0.2) is 39.6 Å². The molecule has 2 aromatic heterocycles. The van der Waals surface area contributed by atoms with Crippen molar-refractivity contribution in [2.24, 2.45) is 5.92 Å². The Morgan fingerprint density at radius 1 is 1.17 bits per heavy atom. The third-order valence-electron chi connectivity index (χ3n) is 6.19. The standard InChI is InChI=1S/C22H24N4O3/c27-21(13-19-17-5-1-2-7-20(17)29-24-19)25-10-8-15(9-11-25)14-26-22(28)12-16-4-3-6-18(16)23-26/h1-2,5,7,12,15H,3-4,6,8-11,13-14H2. The molecule has 1 aromatic carbocycles. The Morgan fingerprint density at radius 3 is 2.86 bits per heavy atom. The van der Waals surface area contributed by atoms with Crippen molar-refractivity contribution in [3.05, 3.63) is 57.6 Å². The van der Waals surface area contributed by atoms with Gasteiger partial charge in [0.2, 0.25) is 5.91 Å². The third kappa shape index (κ3) is 3.57. The molecule has 0 saturated carbocycles. The highest BCUT2D eigenvalue weighted by Gasteiger charge is 2.25. The van der Waals surface area contributed by atoms with Crippen molar-refractivity contribution < 1.29 is 9.32 Å². The van der Waals surface area contributed by atoms with Crippen molar-refractivity contribution in [1.82, 2.24) is 19.8 Å². The normalized spacial score (nSPS) is 17.0. The third-order valence-corrected chi connectivity index (χ3v) is 6.19. The van der Waals surface area contributed by atoms with Gasteiger partial charge in [-0.2, -0.15) is 5.10 Å². The SMILES string of the molecule is O=C(Cc1noc2ccccc12)N1CCC(Cn2nc3c(cc2=O)CCC3)CC1. The van der Waals surface area contributed by atoms with Crippen LogP contribution in [0.2, 0.25) is 0 Å². The van der Waals surface area contributed by atoms with Gasteiger partial charge in [0.05, 0.1) is 12.1 Å². The topological polar surface area (TPSA) is 81.2 Å². The van der Waals surface area contributed by atoms with Gasteiger partial charge in [-0.25, -0.2) is 4.68 Å². The number of piperidine rings is 1. The van der Waals surface area contributed by atoms with E-state index in [0.717, 1.165) is 48.7 Å². The Labute approximate surface area is 168 Å². The number of hydrogen-bond donors (Lipinski definition) is 0. The molecule has 3 aromatic rings. The zero-order valence-corrected chi connectivity index (χ0v) is 16.3. The minimum Gasteiger partial charge on any atom is -0.356 e. The number of benzene rings is 1. The summed E-state index contributed by atoms with van der Waals surface area (Å²) < 4.78 is 6.94. The van der Waals surface area contributed by atoms with Crippen LogP contribution < -0.4 is 5.56 Å². The van der Waals surface area contributed by atoms with E-state index in [1.165, 1.54) is 0 Å². The van der Waals surface area contributed by atoms with Crippen molar-refractivity contribution in [1.29, 1.82) is 0 Å². The van der Waals surface area contributed by atoms with E-state index in [1.807, 2.05) is 29.2 Å². The number of fused-ring (bicyclic) bond motifs is 2. The second-order valence-corrected chi connectivity index (χ2v) is 8.12. The molecule has 0 N–H and O–H groups in total. The first-order valence-electron chi connectivity index (χ1n) is 10.4. The number of hydrogen-bond acceptors (Lipinski definition) is 5. The number of carbonyl (C=O) groups is 1. The summed E-state index contributed by atoms with van der Waals surface area (Å²) in [5.41, 5.74) is 3.61. The lowest BCUT2D eigenvalue weighted by molar-refractivity contribution is -0.132. The minimum absolute atomic E-state index is 0.00191. The van der Waals surface area contributed by atoms with Gasteiger partial charge in [-0.05, 0) is 55.7 Å². The van der Waals surface area contributed by atoms with Crippen LogP contribution in [0.4, 0.5) is 0 Å². The van der Waals surface area contributed by atoms with Crippen LogP contribution in [-0.4, -0.2) is 38.8 Å². The Kier molecular flexibility index (Phi) is 4.66. The summed E-state index contributed by atoms with van der Waals surface area (Å²) in [5.74, 6) is 0.451. The summed E-state index contributed by atoms with van der Waals surface area (Å²) in [6, 6.07) is 9.37. The number of aromatic nitrogens is 3. The molecule has 0 atom stereocenters. The molecule has 0 spiro atoms. The first-order chi connectivity index (χ1) is 14.2. The lowest BCUT2D eigenvalue weighted by atomic mass is 9.96. The van der Waals surface area contributed by atoms with Crippen molar-refractivity contribution in [2.75, 3.05) is 13.1 Å². The molecule has 7 heteroatoms. The summed E-state index contributed by atoms with van der Waals surface area (Å²) >= 11 is 0. The van der Waals surface area contributed by atoms with Gasteiger partial charge >= 0.3 is 0 Å². The minimum atomic E-state index is 0.00191. The van der Waals surface area contributed by atoms with E-state index in [2.05, 4.69) is 10.3 Å². The lowest BCUT2D eigenvalue weighted by Crippen LogP contribution is -2.41. The molecule has 7 nitrogen and oxygen atoms in total. The van der Waals surface area contributed by atoms with Gasteiger partial charge in [0.25, 0.3) is 5.56 Å². The molecule has 2 aliphatic rings. The average Bonchev–Trinajstić information content (AvgIpc) is 3.35. The van der Waals surface area contributed by atoms with Gasteiger partial charge in [-0.1, -0.05) is 17.3 Å². The van der Waals surface area contributed by atoms with Crippen molar-refractivity contribution >= 4 is 16.9 Å². The second kappa shape index (κ2) is 7.46. The van der Waals surface area contributed by atoms with Crippen molar-refractivity contribution in [2.45, 2.75) is 45.1 Å². The summed E-state index contributed by atoms with van der Waals surface area (Å²) in [6.07, 6.45) is 5.06. The quantitative estimate of drug-likeness (QED) is 0.681. The Morgan fingerprint density at radius 2 is 2.00 bits per heavy atom. The first-order valence-corrected chi connectivity index (χ1v) is 10.4. The average molecular weight is 392 g/mol. The van der Waals surface area contributed by atoms with E-state index < -0.39 is 0 Å². The van der Waals surface area contributed by atoms with Gasteiger partial charge in [0, 0.05) is 31.1 Å². The van der Waals surface area contributed by atoms with Crippen LogP contribution in [0.1, 0.15) is 36.2 Å². The molecular weight excluding hydrogens is 368 g/mol. The molecule has 5 rings (SSSR count). The summed E-state index contributed by atoms with van der Waals surface area (Å²) in [4.78, 5) is 27.0. The monoisotopic (exact) mass is 392 g/mol. The predicted molar refractivity (Wildman–Crippen MR) is 108 cm³/mol. The van der Waals surface area contributed by atoms with Gasteiger partial charge in [-0.3, -0.25) is 9.59 Å². The molecule has 1 aliphatic heterocycles. The maximum Gasteiger partial charge on any atom is 0.267 e. The van der Waals surface area contributed by atoms with Crippen LogP contribution in [-0.2, 0) is 30.6 Å². The second-order valence-electron chi connectivity index (χ2n) is 8.12. The number of rotatable bonds is 4. The molecule has 0 radical (unpaired) electrons. The molecule has 150 valence electrons. The highest BCUT2D eigenvalue weighted by atomic mass is 16.5. The van der Waals surface area contributed by atoms with Crippen molar-refractivity contribution in [3.8, 4) is 0 Å². The maximum atomic E-state index is 12.7. The maximum absolute atomic E-state index is 12.7. The van der Waals surface area contributed by atoms with E-state index in [-0.39, 0.29) is 17.9 Å². The highest BCUT2D eigenvalue weighted by Crippen LogP contribution is 2.23. The number of nitrogens with zero attached hydrogens (tertiary/aromatic N) is 4. The Hall–Kier alpha value is -2.96. The van der Waals surface area contributed by atoms with Gasteiger partial charge in [-0.15, -0.1) is 0 Å². The summed E-state index contributed by atoms with van der Waals surface area (Å²) in [5, 5.41) is 9.56. The number of para-hydroxylation sites is 1. The molecule has 1 fully saturated rings. The highest BCUT2D eigenvalue weighted by molar-refractivity contribution is 5.86. The number of likely N-dealkylation sites (tertiary alicyclic amines) is 1. The van der Waals surface area contributed by atoms with Crippen LogP contribution in [0, 0.1) is 5.92 Å². The fraction of sp³-hybridized carbons (Fsp3) is 0.455. The molecule has 0 bridgehead atoms. The molecule has 1 saturated heterocycles. The van der Waals surface area contributed by atoms with E-state index in [4.69, 9.17) is 4.52 Å². The number of carbonyl (C=O) groups excluding carboxylic acids is 1. The molecule has 0 unspecified atom stereocenters. The van der Waals surface area contributed by atoms with Crippen molar-refractivity contribution in [3.63, 3.8) is 0 Å². The first kappa shape index (κ1) is 18.1. The van der Waals surface area contributed by atoms with Gasteiger partial charge < -0.3 is 9.42 Å². The molecule has 1 aliphatic carbocycles. The van der Waals surface area contributed by atoms with Gasteiger partial charge in [0.1, 0.15) is 5.69 Å². The molecule has 1 amide bonds. The molecular formula is C22H24N4O3. The Balaban J connectivity index is 1.19. The fourth-order valence-corrected chi connectivity index (χ4v) is 4.50. The molecule has 29 heavy (non-hydrogen) atoms. The summed E-state index contributed by atoms with van der Waals surface area (Å²) in [7, 11) is 0. The number of aryl methyl sites for hydroxylation is 2.